The molecule has 0 aromatic heterocycles. The van der Waals surface area contributed by atoms with E-state index in [2.05, 4.69) is 10.6 Å². The van der Waals surface area contributed by atoms with E-state index in [0.717, 1.165) is 24.2 Å². The third-order valence-corrected chi connectivity index (χ3v) is 6.09. The van der Waals surface area contributed by atoms with E-state index in [1.54, 1.807) is 6.07 Å². The van der Waals surface area contributed by atoms with E-state index in [1.165, 1.54) is 19.1 Å². The van der Waals surface area contributed by atoms with E-state index >= 15 is 0 Å². The molecule has 0 saturated carbocycles. The van der Waals surface area contributed by atoms with Gasteiger partial charge in [0.25, 0.3) is 0 Å². The van der Waals surface area contributed by atoms with Gasteiger partial charge in [0.15, 0.2) is 9.84 Å². The molecule has 140 valence electrons. The van der Waals surface area contributed by atoms with Gasteiger partial charge < -0.3 is 10.6 Å². The van der Waals surface area contributed by atoms with E-state index in [9.17, 15) is 17.6 Å². The van der Waals surface area contributed by atoms with E-state index in [4.69, 9.17) is 0 Å². The predicted octanol–water partition coefficient (Wildman–Crippen LogP) is 3.13. The lowest BCUT2D eigenvalue weighted by molar-refractivity contribution is -0.116. The summed E-state index contributed by atoms with van der Waals surface area (Å²) in [5.41, 5.74) is 1.65. The standard InChI is InChI=1S/C19H23FN2O3S/c1-3-21-13-15-5-4-6-17(12-15)22-19(23)11-14(2)26(24,25)18-9-7-16(20)8-10-18/h4-10,12,14,21H,3,11,13H2,1-2H3,(H,22,23). The van der Waals surface area contributed by atoms with Crippen LogP contribution in [0.25, 0.3) is 0 Å². The van der Waals surface area contributed by atoms with Crippen LogP contribution >= 0.6 is 0 Å². The average Bonchev–Trinajstić information content (AvgIpc) is 2.60. The smallest absolute Gasteiger partial charge is 0.225 e. The van der Waals surface area contributed by atoms with Crippen LogP contribution in [0.15, 0.2) is 53.4 Å². The molecular weight excluding hydrogens is 355 g/mol. The Balaban J connectivity index is 2.01. The summed E-state index contributed by atoms with van der Waals surface area (Å²) >= 11 is 0. The fourth-order valence-corrected chi connectivity index (χ4v) is 3.82. The van der Waals surface area contributed by atoms with Crippen molar-refractivity contribution in [3.8, 4) is 0 Å². The molecule has 26 heavy (non-hydrogen) atoms. The number of rotatable bonds is 8. The summed E-state index contributed by atoms with van der Waals surface area (Å²) in [4.78, 5) is 12.2. The zero-order valence-corrected chi connectivity index (χ0v) is 15.6. The van der Waals surface area contributed by atoms with Gasteiger partial charge in [0, 0.05) is 18.7 Å². The Bertz CT molecular complexity index is 851. The van der Waals surface area contributed by atoms with Crippen LogP contribution in [0.4, 0.5) is 10.1 Å². The highest BCUT2D eigenvalue weighted by Crippen LogP contribution is 2.19. The van der Waals surface area contributed by atoms with Gasteiger partial charge in [-0.2, -0.15) is 0 Å². The van der Waals surface area contributed by atoms with Crippen molar-refractivity contribution >= 4 is 21.4 Å². The van der Waals surface area contributed by atoms with Gasteiger partial charge in [-0.1, -0.05) is 19.1 Å². The Hall–Kier alpha value is -2.25. The van der Waals surface area contributed by atoms with Crippen molar-refractivity contribution in [2.75, 3.05) is 11.9 Å². The van der Waals surface area contributed by atoms with Gasteiger partial charge in [0.1, 0.15) is 5.82 Å². The van der Waals surface area contributed by atoms with Gasteiger partial charge >= 0.3 is 0 Å². The molecule has 5 nitrogen and oxygen atoms in total. The molecule has 7 heteroatoms. The average molecular weight is 378 g/mol. The largest absolute Gasteiger partial charge is 0.326 e. The second kappa shape index (κ2) is 8.91. The fraction of sp³-hybridized carbons (Fsp3) is 0.316. The first-order valence-electron chi connectivity index (χ1n) is 8.42. The van der Waals surface area contributed by atoms with Gasteiger partial charge in [-0.05, 0) is 55.4 Å². The van der Waals surface area contributed by atoms with Crippen LogP contribution in [-0.4, -0.2) is 26.1 Å². The quantitative estimate of drug-likeness (QED) is 0.692. The SMILES string of the molecule is CCNCc1cccc(NC(=O)CC(C)S(=O)(=O)c2ccc(F)cc2)c1. The first-order chi connectivity index (χ1) is 12.3. The highest BCUT2D eigenvalue weighted by molar-refractivity contribution is 7.92. The Labute approximate surface area is 153 Å². The molecule has 0 spiro atoms. The molecule has 0 saturated heterocycles. The molecule has 2 aromatic rings. The van der Waals surface area contributed by atoms with Gasteiger partial charge in [-0.15, -0.1) is 0 Å². The van der Waals surface area contributed by atoms with Crippen LogP contribution in [0, 0.1) is 5.82 Å². The lowest BCUT2D eigenvalue weighted by Crippen LogP contribution is -2.25. The second-order valence-corrected chi connectivity index (χ2v) is 8.41. The molecule has 2 rings (SSSR count). The number of anilines is 1. The van der Waals surface area contributed by atoms with Crippen molar-refractivity contribution in [2.24, 2.45) is 0 Å². The number of carbonyl (C=O) groups is 1. The lowest BCUT2D eigenvalue weighted by atomic mass is 10.2. The van der Waals surface area contributed by atoms with E-state index in [1.807, 2.05) is 25.1 Å². The number of sulfone groups is 1. The Morgan fingerprint density at radius 1 is 1.15 bits per heavy atom. The molecule has 0 aliphatic heterocycles. The molecule has 2 N–H and O–H groups in total. The summed E-state index contributed by atoms with van der Waals surface area (Å²) in [6.45, 7) is 5.01. The summed E-state index contributed by atoms with van der Waals surface area (Å²) < 4.78 is 38.0. The predicted molar refractivity (Wildman–Crippen MR) is 100 cm³/mol. The van der Waals surface area contributed by atoms with Gasteiger partial charge in [-0.25, -0.2) is 12.8 Å². The molecule has 0 aliphatic carbocycles. The first kappa shape index (κ1) is 20.1. The number of nitrogens with one attached hydrogen (secondary N) is 2. The van der Waals surface area contributed by atoms with Crippen LogP contribution in [0.5, 0.6) is 0 Å². The lowest BCUT2D eigenvalue weighted by Gasteiger charge is -2.13. The Morgan fingerprint density at radius 3 is 2.50 bits per heavy atom. The summed E-state index contributed by atoms with van der Waals surface area (Å²) in [5.74, 6) is -0.893. The number of amides is 1. The molecule has 0 bridgehead atoms. The van der Waals surface area contributed by atoms with E-state index < -0.39 is 20.9 Å². The third kappa shape index (κ3) is 5.37. The molecule has 1 unspecified atom stereocenters. The minimum absolute atomic E-state index is 0.00633. The monoisotopic (exact) mass is 378 g/mol. The van der Waals surface area contributed by atoms with Crippen molar-refractivity contribution < 1.29 is 17.6 Å². The Morgan fingerprint density at radius 2 is 1.85 bits per heavy atom. The van der Waals surface area contributed by atoms with Crippen LogP contribution in [0.3, 0.4) is 0 Å². The van der Waals surface area contributed by atoms with E-state index in [0.29, 0.717) is 12.2 Å². The zero-order valence-electron chi connectivity index (χ0n) is 14.8. The fourth-order valence-electron chi connectivity index (χ4n) is 2.47. The molecule has 0 radical (unpaired) electrons. The second-order valence-electron chi connectivity index (χ2n) is 6.04. The number of benzene rings is 2. The van der Waals surface area contributed by atoms with Crippen molar-refractivity contribution in [3.63, 3.8) is 0 Å². The van der Waals surface area contributed by atoms with Crippen molar-refractivity contribution in [3.05, 3.63) is 59.9 Å². The molecule has 0 heterocycles. The van der Waals surface area contributed by atoms with Crippen LogP contribution in [0.1, 0.15) is 25.8 Å². The molecular formula is C19H23FN2O3S. The molecule has 1 atom stereocenters. The molecule has 2 aromatic carbocycles. The maximum atomic E-state index is 13.0. The third-order valence-electron chi connectivity index (χ3n) is 3.93. The minimum Gasteiger partial charge on any atom is -0.326 e. The number of carbonyl (C=O) groups excluding carboxylic acids is 1. The molecule has 1 amide bonds. The molecule has 0 aliphatic rings. The zero-order chi connectivity index (χ0) is 19.2. The van der Waals surface area contributed by atoms with Crippen LogP contribution in [0.2, 0.25) is 0 Å². The van der Waals surface area contributed by atoms with Gasteiger partial charge in [-0.3, -0.25) is 4.79 Å². The van der Waals surface area contributed by atoms with Crippen molar-refractivity contribution in [2.45, 2.75) is 37.0 Å². The summed E-state index contributed by atoms with van der Waals surface area (Å²) in [6, 6.07) is 12.0. The minimum atomic E-state index is -3.70. The van der Waals surface area contributed by atoms with Gasteiger partial charge in [0.2, 0.25) is 5.91 Å². The highest BCUT2D eigenvalue weighted by atomic mass is 32.2. The van der Waals surface area contributed by atoms with Crippen molar-refractivity contribution in [1.29, 1.82) is 0 Å². The summed E-state index contributed by atoms with van der Waals surface area (Å²) in [6.07, 6.45) is -0.183. The van der Waals surface area contributed by atoms with Crippen LogP contribution < -0.4 is 10.6 Å². The van der Waals surface area contributed by atoms with Crippen LogP contribution in [-0.2, 0) is 21.2 Å². The van der Waals surface area contributed by atoms with Crippen molar-refractivity contribution in [1.82, 2.24) is 5.32 Å². The van der Waals surface area contributed by atoms with Gasteiger partial charge in [0.05, 0.1) is 10.1 Å². The maximum Gasteiger partial charge on any atom is 0.225 e. The number of hydrogen-bond donors (Lipinski definition) is 2. The summed E-state index contributed by atoms with van der Waals surface area (Å²) in [5, 5.41) is 5.01. The topological polar surface area (TPSA) is 75.3 Å². The first-order valence-corrected chi connectivity index (χ1v) is 9.96. The summed E-state index contributed by atoms with van der Waals surface area (Å²) in [7, 11) is -3.70. The van der Waals surface area contributed by atoms with E-state index in [-0.39, 0.29) is 17.2 Å². The normalized spacial score (nSPS) is 12.6. The Kier molecular flexibility index (Phi) is 6.88. The highest BCUT2D eigenvalue weighted by Gasteiger charge is 2.25. The molecule has 0 fully saturated rings. The number of hydrogen-bond acceptors (Lipinski definition) is 4. The number of halogens is 1. The maximum absolute atomic E-state index is 13.0.